The molecular formula is C26H36N6O5. The maximum absolute atomic E-state index is 13.7. The molecule has 0 fully saturated rings. The quantitative estimate of drug-likeness (QED) is 0.236. The normalized spacial score (nSPS) is 11.9. The first kappa shape index (κ1) is 27.9. The van der Waals surface area contributed by atoms with Crippen LogP contribution in [-0.4, -0.2) is 82.6 Å². The second-order valence-electron chi connectivity index (χ2n) is 8.82. The summed E-state index contributed by atoms with van der Waals surface area (Å²) in [5.41, 5.74) is 1.30. The van der Waals surface area contributed by atoms with E-state index in [0.29, 0.717) is 31.8 Å². The van der Waals surface area contributed by atoms with Gasteiger partial charge in [0.1, 0.15) is 11.7 Å². The number of carbonyl (C=O) groups excluding carboxylic acids is 3. The van der Waals surface area contributed by atoms with Crippen LogP contribution in [0, 0.1) is 0 Å². The van der Waals surface area contributed by atoms with Crippen molar-refractivity contribution in [2.24, 2.45) is 0 Å². The predicted molar refractivity (Wildman–Crippen MR) is 138 cm³/mol. The molecule has 0 aliphatic heterocycles. The zero-order valence-corrected chi connectivity index (χ0v) is 21.7. The van der Waals surface area contributed by atoms with Crippen molar-refractivity contribution in [3.05, 3.63) is 47.9 Å². The number of nitrogens with zero attached hydrogens (tertiary/aromatic N) is 4. The number of methoxy groups -OCH3 is 2. The minimum atomic E-state index is -0.797. The van der Waals surface area contributed by atoms with Crippen LogP contribution in [0.5, 0.6) is 0 Å². The Morgan fingerprint density at radius 2 is 1.92 bits per heavy atom. The highest BCUT2D eigenvalue weighted by Crippen LogP contribution is 2.15. The third kappa shape index (κ3) is 7.88. The lowest BCUT2D eigenvalue weighted by molar-refractivity contribution is -0.133. The van der Waals surface area contributed by atoms with Crippen LogP contribution in [0.1, 0.15) is 60.0 Å². The molecule has 0 unspecified atom stereocenters. The first-order valence-electron chi connectivity index (χ1n) is 12.6. The summed E-state index contributed by atoms with van der Waals surface area (Å²) in [6, 6.07) is 8.57. The van der Waals surface area contributed by atoms with E-state index >= 15 is 0 Å². The van der Waals surface area contributed by atoms with Gasteiger partial charge in [0.15, 0.2) is 5.69 Å². The lowest BCUT2D eigenvalue weighted by Crippen LogP contribution is -2.49. The van der Waals surface area contributed by atoms with Gasteiger partial charge in [0.05, 0.1) is 13.3 Å². The van der Waals surface area contributed by atoms with Gasteiger partial charge in [0.2, 0.25) is 5.91 Å². The van der Waals surface area contributed by atoms with Crippen LogP contribution in [0.25, 0.3) is 10.9 Å². The summed E-state index contributed by atoms with van der Waals surface area (Å²) < 4.78 is 11.3. The van der Waals surface area contributed by atoms with E-state index < -0.39 is 12.0 Å². The number of aromatic nitrogens is 4. The van der Waals surface area contributed by atoms with Gasteiger partial charge in [-0.2, -0.15) is 0 Å². The minimum absolute atomic E-state index is 0.0771. The fourth-order valence-electron chi connectivity index (χ4n) is 4.06. The number of unbranched alkanes of at least 4 members (excludes halogenated alkanes) is 2. The summed E-state index contributed by atoms with van der Waals surface area (Å²) in [6.07, 6.45) is 5.35. The number of ether oxygens (including phenoxy) is 2. The van der Waals surface area contributed by atoms with Gasteiger partial charge in [-0.15, -0.1) is 5.10 Å². The highest BCUT2D eigenvalue weighted by molar-refractivity contribution is 6.00. The molecule has 1 aromatic carbocycles. The Balaban J connectivity index is 1.78. The number of fused-ring (bicyclic) bond motifs is 1. The van der Waals surface area contributed by atoms with Crippen LogP contribution in [0.2, 0.25) is 0 Å². The van der Waals surface area contributed by atoms with Crippen LogP contribution in [0.15, 0.2) is 36.5 Å². The molecule has 11 nitrogen and oxygen atoms in total. The van der Waals surface area contributed by atoms with Crippen LogP contribution in [-0.2, 0) is 20.8 Å². The molecule has 0 spiro atoms. The van der Waals surface area contributed by atoms with Crippen molar-refractivity contribution in [1.82, 2.24) is 30.2 Å². The summed E-state index contributed by atoms with van der Waals surface area (Å²) in [5.74, 6) is -1.12. The Morgan fingerprint density at radius 3 is 2.65 bits per heavy atom. The number of para-hydroxylation sites is 1. The summed E-state index contributed by atoms with van der Waals surface area (Å²) in [5, 5.41) is 11.6. The maximum Gasteiger partial charge on any atom is 0.360 e. The number of benzene rings is 1. The number of esters is 1. The van der Waals surface area contributed by atoms with E-state index in [0.717, 1.165) is 30.2 Å². The lowest BCUT2D eigenvalue weighted by Gasteiger charge is -2.28. The van der Waals surface area contributed by atoms with E-state index in [2.05, 4.69) is 32.3 Å². The van der Waals surface area contributed by atoms with E-state index in [4.69, 9.17) is 4.74 Å². The molecule has 2 N–H and O–H groups in total. The van der Waals surface area contributed by atoms with Crippen LogP contribution < -0.4 is 5.32 Å². The average Bonchev–Trinajstić information content (AvgIpc) is 3.57. The second kappa shape index (κ2) is 14.1. The highest BCUT2D eigenvalue weighted by Gasteiger charge is 2.27. The van der Waals surface area contributed by atoms with Gasteiger partial charge >= 0.3 is 5.97 Å². The van der Waals surface area contributed by atoms with Crippen molar-refractivity contribution in [3.63, 3.8) is 0 Å². The van der Waals surface area contributed by atoms with Crippen molar-refractivity contribution in [2.45, 2.75) is 51.6 Å². The standard InChI is InChI=1S/C26H36N6O5/c1-4-5-8-13-31(14-9-16-36-2)25(34)21(12-15-32-18-23(29-30-32)26(35)37-3)28-24(33)22-17-19-10-6-7-11-20(19)27-22/h6-7,10-11,17-18,21,27H,4-5,8-9,12-16H2,1-3H3,(H,28,33)/t21-/m0/s1. The van der Waals surface area contributed by atoms with Crippen molar-refractivity contribution in [3.8, 4) is 0 Å². The molecule has 3 aromatic rings. The fraction of sp³-hybridized carbons (Fsp3) is 0.500. The number of amides is 2. The number of hydrogen-bond acceptors (Lipinski definition) is 7. The molecule has 0 saturated carbocycles. The first-order chi connectivity index (χ1) is 18.0. The van der Waals surface area contributed by atoms with Crippen LogP contribution in [0.3, 0.4) is 0 Å². The highest BCUT2D eigenvalue weighted by atomic mass is 16.5. The zero-order valence-electron chi connectivity index (χ0n) is 21.7. The van der Waals surface area contributed by atoms with Gasteiger partial charge in [0, 0.05) is 44.3 Å². The summed E-state index contributed by atoms with van der Waals surface area (Å²) in [4.78, 5) is 43.5. The Morgan fingerprint density at radius 1 is 1.14 bits per heavy atom. The minimum Gasteiger partial charge on any atom is -0.464 e. The van der Waals surface area contributed by atoms with E-state index in [1.807, 2.05) is 24.3 Å². The topological polar surface area (TPSA) is 131 Å². The molecule has 2 heterocycles. The van der Waals surface area contributed by atoms with Gasteiger partial charge in [-0.25, -0.2) is 4.79 Å². The third-order valence-electron chi connectivity index (χ3n) is 6.08. The molecule has 3 rings (SSSR count). The molecule has 2 amide bonds. The summed E-state index contributed by atoms with van der Waals surface area (Å²) in [7, 11) is 2.90. The Bertz CT molecular complexity index is 1130. The number of rotatable bonds is 15. The largest absolute Gasteiger partial charge is 0.464 e. The lowest BCUT2D eigenvalue weighted by atomic mass is 10.1. The maximum atomic E-state index is 13.7. The molecule has 37 heavy (non-hydrogen) atoms. The van der Waals surface area contributed by atoms with E-state index in [9.17, 15) is 14.4 Å². The summed E-state index contributed by atoms with van der Waals surface area (Å²) in [6.45, 7) is 4.06. The van der Waals surface area contributed by atoms with Gasteiger partial charge in [-0.3, -0.25) is 14.3 Å². The molecule has 0 bridgehead atoms. The van der Waals surface area contributed by atoms with Crippen molar-refractivity contribution >= 4 is 28.7 Å². The Hall–Kier alpha value is -3.73. The Kier molecular flexibility index (Phi) is 10.6. The molecule has 0 radical (unpaired) electrons. The Labute approximate surface area is 216 Å². The number of aromatic amines is 1. The molecule has 1 atom stereocenters. The van der Waals surface area contributed by atoms with Crippen LogP contribution in [0.4, 0.5) is 0 Å². The van der Waals surface area contributed by atoms with Crippen LogP contribution >= 0.6 is 0 Å². The summed E-state index contributed by atoms with van der Waals surface area (Å²) >= 11 is 0. The zero-order chi connectivity index (χ0) is 26.6. The number of nitrogens with one attached hydrogen (secondary N) is 2. The molecular weight excluding hydrogens is 476 g/mol. The number of carbonyl (C=O) groups is 3. The van der Waals surface area contributed by atoms with Gasteiger partial charge in [-0.1, -0.05) is 43.2 Å². The second-order valence-corrected chi connectivity index (χ2v) is 8.82. The van der Waals surface area contributed by atoms with Crippen molar-refractivity contribution < 1.29 is 23.9 Å². The predicted octanol–water partition coefficient (Wildman–Crippen LogP) is 2.79. The molecule has 11 heteroatoms. The van der Waals surface area contributed by atoms with E-state index in [-0.39, 0.29) is 30.5 Å². The number of H-pyrrole nitrogens is 1. The van der Waals surface area contributed by atoms with E-state index in [1.54, 1.807) is 18.1 Å². The monoisotopic (exact) mass is 512 g/mol. The number of hydrogen-bond donors (Lipinski definition) is 2. The molecule has 200 valence electrons. The average molecular weight is 513 g/mol. The fourth-order valence-corrected chi connectivity index (χ4v) is 4.06. The molecule has 0 aliphatic rings. The number of aryl methyl sites for hydroxylation is 1. The van der Waals surface area contributed by atoms with Gasteiger partial charge in [-0.05, 0) is 31.4 Å². The smallest absolute Gasteiger partial charge is 0.360 e. The SMILES string of the molecule is CCCCCN(CCCOC)C(=O)[C@H](CCn1cc(C(=O)OC)nn1)NC(=O)c1cc2ccccc2[nH]1. The molecule has 0 saturated heterocycles. The van der Waals surface area contributed by atoms with E-state index in [1.165, 1.54) is 18.0 Å². The van der Waals surface area contributed by atoms with Crippen molar-refractivity contribution in [2.75, 3.05) is 33.9 Å². The van der Waals surface area contributed by atoms with Gasteiger partial charge < -0.3 is 24.7 Å². The first-order valence-corrected chi connectivity index (χ1v) is 12.6. The van der Waals surface area contributed by atoms with Crippen molar-refractivity contribution in [1.29, 1.82) is 0 Å². The molecule has 0 aliphatic carbocycles. The molecule has 2 aromatic heterocycles. The third-order valence-corrected chi connectivity index (χ3v) is 6.08. The van der Waals surface area contributed by atoms with Gasteiger partial charge in [0.25, 0.3) is 5.91 Å².